The summed E-state index contributed by atoms with van der Waals surface area (Å²) in [5.41, 5.74) is 3.73. The number of rotatable bonds is 3. The number of carbonyl (C=O) groups is 1. The summed E-state index contributed by atoms with van der Waals surface area (Å²) in [5.74, 6) is -0.186. The number of hydrogen-bond donors (Lipinski definition) is 2. The Morgan fingerprint density at radius 2 is 1.75 bits per heavy atom. The van der Waals surface area contributed by atoms with E-state index in [0.29, 0.717) is 16.8 Å². The van der Waals surface area contributed by atoms with Crippen molar-refractivity contribution in [2.75, 3.05) is 24.3 Å². The van der Waals surface area contributed by atoms with Gasteiger partial charge in [0.15, 0.2) is 0 Å². The largest absolute Gasteiger partial charge is 0.378 e. The van der Waals surface area contributed by atoms with E-state index >= 15 is 0 Å². The minimum absolute atomic E-state index is 0.150. The number of anilines is 2. The third-order valence-electron chi connectivity index (χ3n) is 3.95. The second-order valence-electron chi connectivity index (χ2n) is 5.97. The molecule has 0 saturated heterocycles. The van der Waals surface area contributed by atoms with Crippen LogP contribution in [0.4, 0.5) is 11.4 Å². The maximum atomic E-state index is 12.4. The van der Waals surface area contributed by atoms with Gasteiger partial charge in [-0.1, -0.05) is 6.07 Å². The fourth-order valence-electron chi connectivity index (χ4n) is 2.63. The summed E-state index contributed by atoms with van der Waals surface area (Å²) < 4.78 is 0. The molecule has 0 unspecified atom stereocenters. The van der Waals surface area contributed by atoms with Gasteiger partial charge >= 0.3 is 0 Å². The molecule has 2 N–H and O–H groups in total. The highest BCUT2D eigenvalue weighted by Gasteiger charge is 2.08. The summed E-state index contributed by atoms with van der Waals surface area (Å²) >= 11 is 0. The number of H-pyrrole nitrogens is 1. The molecular weight excluding hydrogens is 302 g/mol. The first-order chi connectivity index (χ1) is 11.4. The van der Waals surface area contributed by atoms with Crippen molar-refractivity contribution < 1.29 is 4.79 Å². The number of nitrogens with one attached hydrogen (secondary N) is 2. The maximum Gasteiger partial charge on any atom is 0.255 e. The zero-order valence-electron chi connectivity index (χ0n) is 13.9. The van der Waals surface area contributed by atoms with Gasteiger partial charge in [0.1, 0.15) is 0 Å². The van der Waals surface area contributed by atoms with E-state index < -0.39 is 0 Å². The number of hydrogen-bond acceptors (Lipinski definition) is 3. The highest BCUT2D eigenvalue weighted by molar-refractivity contribution is 6.05. The van der Waals surface area contributed by atoms with Gasteiger partial charge in [0.2, 0.25) is 5.56 Å². The van der Waals surface area contributed by atoms with Crippen molar-refractivity contribution in [3.8, 4) is 0 Å². The summed E-state index contributed by atoms with van der Waals surface area (Å²) in [5, 5.41) is 3.82. The third-order valence-corrected chi connectivity index (χ3v) is 3.95. The molecule has 0 atom stereocenters. The van der Waals surface area contributed by atoms with E-state index in [1.54, 1.807) is 24.3 Å². The van der Waals surface area contributed by atoms with Crippen LogP contribution in [0.3, 0.4) is 0 Å². The van der Waals surface area contributed by atoms with Crippen molar-refractivity contribution in [2.45, 2.75) is 6.92 Å². The second-order valence-corrected chi connectivity index (χ2v) is 5.97. The average Bonchev–Trinajstić information content (AvgIpc) is 2.54. The number of nitrogens with zero attached hydrogens (tertiary/aromatic N) is 1. The van der Waals surface area contributed by atoms with E-state index in [9.17, 15) is 9.59 Å². The first-order valence-electron chi connectivity index (χ1n) is 7.66. The number of aromatic nitrogens is 1. The van der Waals surface area contributed by atoms with Crippen LogP contribution in [0, 0.1) is 6.92 Å². The zero-order valence-corrected chi connectivity index (χ0v) is 13.9. The molecule has 5 heteroatoms. The Morgan fingerprint density at radius 1 is 1.04 bits per heavy atom. The molecule has 3 rings (SSSR count). The second kappa shape index (κ2) is 6.20. The van der Waals surface area contributed by atoms with E-state index in [-0.39, 0.29) is 11.5 Å². The number of carbonyl (C=O) groups excluding carboxylic acids is 1. The molecule has 0 fully saturated rings. The third kappa shape index (κ3) is 3.15. The first kappa shape index (κ1) is 15.8. The minimum atomic E-state index is -0.186. The van der Waals surface area contributed by atoms with Crippen molar-refractivity contribution in [3.05, 3.63) is 70.0 Å². The number of aryl methyl sites for hydroxylation is 1. The Labute approximate surface area is 139 Å². The number of benzene rings is 2. The Morgan fingerprint density at radius 3 is 2.42 bits per heavy atom. The molecule has 1 amide bonds. The van der Waals surface area contributed by atoms with E-state index in [1.165, 1.54) is 0 Å². The number of aromatic amines is 1. The fourth-order valence-corrected chi connectivity index (χ4v) is 2.63. The fraction of sp³-hybridized carbons (Fsp3) is 0.158. The smallest absolute Gasteiger partial charge is 0.255 e. The molecule has 24 heavy (non-hydrogen) atoms. The van der Waals surface area contributed by atoms with Crippen LogP contribution in [0.1, 0.15) is 15.9 Å². The quantitative estimate of drug-likeness (QED) is 0.779. The van der Waals surface area contributed by atoms with Crippen LogP contribution in [0.5, 0.6) is 0 Å². The van der Waals surface area contributed by atoms with Crippen LogP contribution in [0.15, 0.2) is 53.3 Å². The van der Waals surface area contributed by atoms with Crippen LogP contribution in [0.25, 0.3) is 10.9 Å². The lowest BCUT2D eigenvalue weighted by molar-refractivity contribution is 0.102. The molecule has 0 spiro atoms. The monoisotopic (exact) mass is 321 g/mol. The summed E-state index contributed by atoms with van der Waals surface area (Å²) in [6.07, 6.45) is 0. The van der Waals surface area contributed by atoms with Crippen molar-refractivity contribution in [1.29, 1.82) is 0 Å². The van der Waals surface area contributed by atoms with Crippen molar-refractivity contribution in [3.63, 3.8) is 0 Å². The predicted molar refractivity (Wildman–Crippen MR) is 98.0 cm³/mol. The molecule has 0 radical (unpaired) electrons. The molecular formula is C19H19N3O2. The van der Waals surface area contributed by atoms with Crippen LogP contribution < -0.4 is 15.8 Å². The Balaban J connectivity index is 1.86. The Bertz CT molecular complexity index is 957. The van der Waals surface area contributed by atoms with Gasteiger partial charge in [0.25, 0.3) is 5.91 Å². The summed E-state index contributed by atoms with van der Waals surface area (Å²) in [4.78, 5) is 28.7. The molecule has 5 nitrogen and oxygen atoms in total. The first-order valence-corrected chi connectivity index (χ1v) is 7.66. The minimum Gasteiger partial charge on any atom is -0.378 e. The van der Waals surface area contributed by atoms with E-state index in [4.69, 9.17) is 0 Å². The lowest BCUT2D eigenvalue weighted by atomic mass is 10.1. The average molecular weight is 321 g/mol. The molecule has 0 aliphatic heterocycles. The molecule has 2 aromatic carbocycles. The molecule has 1 heterocycles. The molecule has 0 aliphatic rings. The number of amides is 1. The van der Waals surface area contributed by atoms with E-state index in [2.05, 4.69) is 10.3 Å². The van der Waals surface area contributed by atoms with E-state index in [1.807, 2.05) is 50.2 Å². The lowest BCUT2D eigenvalue weighted by Gasteiger charge is -2.13. The van der Waals surface area contributed by atoms with Crippen molar-refractivity contribution in [1.82, 2.24) is 4.98 Å². The highest BCUT2D eigenvalue weighted by Crippen LogP contribution is 2.20. The van der Waals surface area contributed by atoms with Crippen LogP contribution in [-0.2, 0) is 0 Å². The topological polar surface area (TPSA) is 65.2 Å². The van der Waals surface area contributed by atoms with Gasteiger partial charge in [-0.15, -0.1) is 0 Å². The highest BCUT2D eigenvalue weighted by atomic mass is 16.1. The summed E-state index contributed by atoms with van der Waals surface area (Å²) in [6, 6.07) is 14.4. The molecule has 0 saturated carbocycles. The van der Waals surface area contributed by atoms with Gasteiger partial charge in [0, 0.05) is 42.5 Å². The Hall–Kier alpha value is -3.08. The molecule has 122 valence electrons. The zero-order chi connectivity index (χ0) is 17.3. The van der Waals surface area contributed by atoms with Gasteiger partial charge in [-0.2, -0.15) is 0 Å². The molecule has 3 aromatic rings. The number of fused-ring (bicyclic) bond motifs is 1. The predicted octanol–water partition coefficient (Wildman–Crippen LogP) is 3.15. The normalized spacial score (nSPS) is 10.6. The summed E-state index contributed by atoms with van der Waals surface area (Å²) in [6.45, 7) is 1.89. The van der Waals surface area contributed by atoms with Gasteiger partial charge in [-0.05, 0) is 48.9 Å². The van der Waals surface area contributed by atoms with E-state index in [0.717, 1.165) is 16.6 Å². The molecule has 0 aliphatic carbocycles. The van der Waals surface area contributed by atoms with Gasteiger partial charge < -0.3 is 15.2 Å². The van der Waals surface area contributed by atoms with Crippen molar-refractivity contribution >= 4 is 28.2 Å². The summed E-state index contributed by atoms with van der Waals surface area (Å²) in [7, 11) is 3.90. The molecule has 1 aromatic heterocycles. The van der Waals surface area contributed by atoms with Gasteiger partial charge in [-0.3, -0.25) is 9.59 Å². The maximum absolute atomic E-state index is 12.4. The van der Waals surface area contributed by atoms with Crippen LogP contribution in [-0.4, -0.2) is 25.0 Å². The Kier molecular flexibility index (Phi) is 4.08. The lowest BCUT2D eigenvalue weighted by Crippen LogP contribution is -2.13. The van der Waals surface area contributed by atoms with Crippen LogP contribution >= 0.6 is 0 Å². The molecule has 0 bridgehead atoms. The van der Waals surface area contributed by atoms with Crippen LogP contribution in [0.2, 0.25) is 0 Å². The standard InChI is InChI=1S/C19H19N3O2/c1-12-10-18(23)21-17-11-14(6-9-16(12)17)20-19(24)13-4-7-15(8-5-13)22(2)3/h4-11H,1-3H3,(H,20,24)(H,21,23). The number of pyridine rings is 1. The van der Waals surface area contributed by atoms with Gasteiger partial charge in [-0.25, -0.2) is 0 Å². The SMILES string of the molecule is Cc1cc(=O)[nH]c2cc(NC(=O)c3ccc(N(C)C)cc3)ccc12. The van der Waals surface area contributed by atoms with Gasteiger partial charge in [0.05, 0.1) is 5.52 Å². The van der Waals surface area contributed by atoms with Crippen molar-refractivity contribution in [2.24, 2.45) is 0 Å².